The van der Waals surface area contributed by atoms with Crippen LogP contribution in [0.25, 0.3) is 0 Å². The van der Waals surface area contributed by atoms with Gasteiger partial charge in [0.15, 0.2) is 0 Å². The lowest BCUT2D eigenvalue weighted by Gasteiger charge is -2.19. The van der Waals surface area contributed by atoms with Crippen molar-refractivity contribution in [3.63, 3.8) is 0 Å². The Morgan fingerprint density at radius 2 is 1.95 bits per heavy atom. The second-order valence-electron chi connectivity index (χ2n) is 5.75. The first-order chi connectivity index (χ1) is 9.54. The average Bonchev–Trinajstić information content (AvgIpc) is 3.02. The lowest BCUT2D eigenvalue weighted by atomic mass is 10.1. The topological polar surface area (TPSA) is 83.6 Å². The van der Waals surface area contributed by atoms with Gasteiger partial charge >= 0.3 is 5.97 Å². The van der Waals surface area contributed by atoms with Gasteiger partial charge in [0.05, 0.1) is 5.56 Å². The molecule has 5 nitrogen and oxygen atoms in total. The number of carboxylic acid groups (broad SMARTS) is 1. The summed E-state index contributed by atoms with van der Waals surface area (Å²) in [5, 5.41) is 9.00. The molecule has 3 N–H and O–H groups in total. The first-order valence-electron chi connectivity index (χ1n) is 6.94. The van der Waals surface area contributed by atoms with Gasteiger partial charge in [-0.25, -0.2) is 4.79 Å². The minimum Gasteiger partial charge on any atom is -0.478 e. The lowest BCUT2D eigenvalue weighted by Crippen LogP contribution is -2.31. The number of hydrogen-bond donors (Lipinski definition) is 2. The van der Waals surface area contributed by atoms with Gasteiger partial charge in [-0.05, 0) is 42.5 Å². The summed E-state index contributed by atoms with van der Waals surface area (Å²) in [6, 6.07) is 5.23. The van der Waals surface area contributed by atoms with E-state index in [0.29, 0.717) is 13.1 Å². The number of carboxylic acids is 1. The molecule has 0 spiro atoms. The third kappa shape index (κ3) is 2.29. The Labute approximate surface area is 117 Å². The zero-order chi connectivity index (χ0) is 14.3. The van der Waals surface area contributed by atoms with E-state index in [1.807, 2.05) is 11.0 Å². The predicted octanol–water partition coefficient (Wildman–Crippen LogP) is 1.35. The number of rotatable bonds is 2. The number of nitrogens with two attached hydrogens (primary N) is 1. The first kappa shape index (κ1) is 13.1. The molecule has 1 fully saturated rings. The Morgan fingerprint density at radius 3 is 2.60 bits per heavy atom. The van der Waals surface area contributed by atoms with Crippen LogP contribution < -0.4 is 5.73 Å². The summed E-state index contributed by atoms with van der Waals surface area (Å²) < 4.78 is 0. The van der Waals surface area contributed by atoms with Gasteiger partial charge in [-0.1, -0.05) is 6.07 Å². The van der Waals surface area contributed by atoms with Gasteiger partial charge in [-0.15, -0.1) is 0 Å². The van der Waals surface area contributed by atoms with Crippen molar-refractivity contribution < 1.29 is 14.7 Å². The summed E-state index contributed by atoms with van der Waals surface area (Å²) >= 11 is 0. The van der Waals surface area contributed by atoms with Crippen LogP contribution >= 0.6 is 0 Å². The molecule has 2 unspecified atom stereocenters. The molecule has 2 aliphatic rings. The summed E-state index contributed by atoms with van der Waals surface area (Å²) in [6.07, 6.45) is 2.56. The zero-order valence-electron chi connectivity index (χ0n) is 11.2. The number of nitrogens with zero attached hydrogens (tertiary/aromatic N) is 1. The molecule has 1 aliphatic carbocycles. The number of carbonyl (C=O) groups excluding carboxylic acids is 1. The van der Waals surface area contributed by atoms with Gasteiger partial charge in [-0.3, -0.25) is 4.79 Å². The molecule has 2 atom stereocenters. The van der Waals surface area contributed by atoms with Crippen LogP contribution in [0.15, 0.2) is 18.2 Å². The molecule has 1 aromatic rings. The first-order valence-corrected chi connectivity index (χ1v) is 6.94. The summed E-state index contributed by atoms with van der Waals surface area (Å²) in [7, 11) is 0. The van der Waals surface area contributed by atoms with Crippen LogP contribution in [0, 0.1) is 5.92 Å². The van der Waals surface area contributed by atoms with E-state index in [9.17, 15) is 9.59 Å². The summed E-state index contributed by atoms with van der Waals surface area (Å²) in [6.45, 7) is 1.10. The van der Waals surface area contributed by atoms with E-state index < -0.39 is 5.97 Å². The molecule has 1 saturated carbocycles. The molecule has 1 aromatic carbocycles. The highest BCUT2D eigenvalue weighted by atomic mass is 16.4. The van der Waals surface area contributed by atoms with Gasteiger partial charge in [-0.2, -0.15) is 0 Å². The molecule has 1 amide bonds. The van der Waals surface area contributed by atoms with E-state index in [0.717, 1.165) is 30.4 Å². The highest BCUT2D eigenvalue weighted by Gasteiger charge is 2.33. The third-order valence-corrected chi connectivity index (χ3v) is 4.31. The molecule has 20 heavy (non-hydrogen) atoms. The fourth-order valence-electron chi connectivity index (χ4n) is 3.18. The van der Waals surface area contributed by atoms with Crippen LogP contribution in [0.3, 0.4) is 0 Å². The van der Waals surface area contributed by atoms with Crippen molar-refractivity contribution in [3.8, 4) is 0 Å². The molecule has 1 heterocycles. The molecule has 3 rings (SSSR count). The average molecular weight is 274 g/mol. The lowest BCUT2D eigenvalue weighted by molar-refractivity contribution is -0.136. The van der Waals surface area contributed by atoms with Crippen LogP contribution in [0.2, 0.25) is 0 Å². The Kier molecular flexibility index (Phi) is 3.22. The van der Waals surface area contributed by atoms with Crippen molar-refractivity contribution in [2.75, 3.05) is 0 Å². The number of aromatic carboxylic acids is 1. The van der Waals surface area contributed by atoms with Crippen molar-refractivity contribution in [2.45, 2.75) is 38.4 Å². The SMILES string of the molecule is NC1CCC(C(=O)N2Cc3ccc(C(=O)O)cc3C2)C1. The molecule has 0 saturated heterocycles. The van der Waals surface area contributed by atoms with Gasteiger partial charge < -0.3 is 15.7 Å². The molecule has 0 aromatic heterocycles. The van der Waals surface area contributed by atoms with Crippen molar-refractivity contribution >= 4 is 11.9 Å². The van der Waals surface area contributed by atoms with Crippen molar-refractivity contribution in [3.05, 3.63) is 34.9 Å². The third-order valence-electron chi connectivity index (χ3n) is 4.31. The Morgan fingerprint density at radius 1 is 1.20 bits per heavy atom. The molecular formula is C15H18N2O3. The van der Waals surface area contributed by atoms with E-state index in [2.05, 4.69) is 0 Å². The normalized spacial score (nSPS) is 24.8. The van der Waals surface area contributed by atoms with Crippen molar-refractivity contribution in [1.29, 1.82) is 0 Å². The largest absolute Gasteiger partial charge is 0.478 e. The Bertz CT molecular complexity index is 570. The van der Waals surface area contributed by atoms with Gasteiger partial charge in [0.2, 0.25) is 5.91 Å². The van der Waals surface area contributed by atoms with Gasteiger partial charge in [0, 0.05) is 25.0 Å². The highest BCUT2D eigenvalue weighted by Crippen LogP contribution is 2.30. The van der Waals surface area contributed by atoms with E-state index in [4.69, 9.17) is 10.8 Å². The smallest absolute Gasteiger partial charge is 0.335 e. The standard InChI is InChI=1S/C15H18N2O3/c16-13-4-3-9(6-13)14(18)17-7-11-2-1-10(15(19)20)5-12(11)8-17/h1-2,5,9,13H,3-4,6-8,16H2,(H,19,20). The second-order valence-corrected chi connectivity index (χ2v) is 5.75. The van der Waals surface area contributed by atoms with Gasteiger partial charge in [0.1, 0.15) is 0 Å². The summed E-state index contributed by atoms with van der Waals surface area (Å²) in [4.78, 5) is 25.2. The fraction of sp³-hybridized carbons (Fsp3) is 0.467. The monoisotopic (exact) mass is 274 g/mol. The fourth-order valence-corrected chi connectivity index (χ4v) is 3.18. The van der Waals surface area contributed by atoms with E-state index >= 15 is 0 Å². The number of carbonyl (C=O) groups is 2. The Balaban J connectivity index is 1.73. The van der Waals surface area contributed by atoms with Crippen LogP contribution in [-0.4, -0.2) is 27.9 Å². The van der Waals surface area contributed by atoms with E-state index in [1.165, 1.54) is 0 Å². The maximum Gasteiger partial charge on any atom is 0.335 e. The molecule has 1 aliphatic heterocycles. The molecule has 5 heteroatoms. The van der Waals surface area contributed by atoms with Crippen LogP contribution in [-0.2, 0) is 17.9 Å². The second kappa shape index (κ2) is 4.90. The zero-order valence-corrected chi connectivity index (χ0v) is 11.2. The van der Waals surface area contributed by atoms with E-state index in [1.54, 1.807) is 12.1 Å². The predicted molar refractivity (Wildman–Crippen MR) is 73.0 cm³/mol. The Hall–Kier alpha value is -1.88. The van der Waals surface area contributed by atoms with Crippen LogP contribution in [0.5, 0.6) is 0 Å². The minimum atomic E-state index is -0.931. The minimum absolute atomic E-state index is 0.0401. The van der Waals surface area contributed by atoms with Gasteiger partial charge in [0.25, 0.3) is 0 Å². The maximum absolute atomic E-state index is 12.4. The van der Waals surface area contributed by atoms with Crippen LogP contribution in [0.1, 0.15) is 40.7 Å². The molecular weight excluding hydrogens is 256 g/mol. The number of benzene rings is 1. The number of hydrogen-bond acceptors (Lipinski definition) is 3. The number of amides is 1. The van der Waals surface area contributed by atoms with Crippen molar-refractivity contribution in [2.24, 2.45) is 11.7 Å². The van der Waals surface area contributed by atoms with E-state index in [-0.39, 0.29) is 23.4 Å². The van der Waals surface area contributed by atoms with Crippen LogP contribution in [0.4, 0.5) is 0 Å². The highest BCUT2D eigenvalue weighted by molar-refractivity contribution is 5.88. The summed E-state index contributed by atoms with van der Waals surface area (Å²) in [5.41, 5.74) is 8.13. The summed E-state index contributed by atoms with van der Waals surface area (Å²) in [5.74, 6) is -0.733. The number of fused-ring (bicyclic) bond motifs is 1. The maximum atomic E-state index is 12.4. The van der Waals surface area contributed by atoms with Crippen molar-refractivity contribution in [1.82, 2.24) is 4.90 Å². The molecule has 0 bridgehead atoms. The molecule has 106 valence electrons. The quantitative estimate of drug-likeness (QED) is 0.852. The molecule has 0 radical (unpaired) electrons.